The number of nitrogens with zero attached hydrogens (tertiary/aromatic N) is 4. The minimum Gasteiger partial charge on any atom is -0.507 e. The van der Waals surface area contributed by atoms with Crippen molar-refractivity contribution in [2.75, 3.05) is 0 Å². The zero-order chi connectivity index (χ0) is 25.7. The fourth-order valence-electron chi connectivity index (χ4n) is 4.10. The van der Waals surface area contributed by atoms with Crippen LogP contribution >= 0.6 is 11.8 Å². The highest BCUT2D eigenvalue weighted by Gasteiger charge is 2.15. The molecule has 6 heteroatoms. The summed E-state index contributed by atoms with van der Waals surface area (Å²) in [5, 5.41) is 11.4. The minimum absolute atomic E-state index is 0.123. The van der Waals surface area contributed by atoms with Crippen LogP contribution in [-0.4, -0.2) is 25.0 Å². The Morgan fingerprint density at radius 1 is 0.500 bits per heavy atom. The Morgan fingerprint density at radius 3 is 1.89 bits per heavy atom. The van der Waals surface area contributed by atoms with Crippen LogP contribution in [0.4, 0.5) is 0 Å². The molecule has 0 saturated heterocycles. The Bertz CT molecular complexity index is 1710. The van der Waals surface area contributed by atoms with Gasteiger partial charge in [0.15, 0.2) is 17.5 Å². The highest BCUT2D eigenvalue weighted by Crippen LogP contribution is 2.33. The van der Waals surface area contributed by atoms with Gasteiger partial charge in [0, 0.05) is 22.2 Å². The van der Waals surface area contributed by atoms with E-state index >= 15 is 0 Å². The summed E-state index contributed by atoms with van der Waals surface area (Å²) in [7, 11) is 0. The van der Waals surface area contributed by atoms with Crippen LogP contribution in [-0.2, 0) is 0 Å². The van der Waals surface area contributed by atoms with E-state index in [0.717, 1.165) is 32.2 Å². The Balaban J connectivity index is 1.38. The first kappa shape index (κ1) is 23.6. The zero-order valence-electron chi connectivity index (χ0n) is 20.3. The van der Waals surface area contributed by atoms with E-state index < -0.39 is 0 Å². The van der Waals surface area contributed by atoms with Gasteiger partial charge < -0.3 is 5.11 Å². The van der Waals surface area contributed by atoms with Gasteiger partial charge >= 0.3 is 0 Å². The summed E-state index contributed by atoms with van der Waals surface area (Å²) in [5.74, 6) is 1.62. The van der Waals surface area contributed by atoms with Gasteiger partial charge in [0.25, 0.3) is 0 Å². The van der Waals surface area contributed by atoms with E-state index in [2.05, 4.69) is 29.2 Å². The molecule has 38 heavy (non-hydrogen) atoms. The largest absolute Gasteiger partial charge is 0.507 e. The number of para-hydroxylation sites is 1. The standard InChI is InChI=1S/C32H22N4OS/c37-28-17-8-7-16-27(28)32-35-30(23-12-5-2-6-13-23)34-31(36-32)25-14-9-15-26(20-25)38-29-21-24(18-19-33-29)22-10-3-1-4-11-22/h1-21,37H. The van der Waals surface area contributed by atoms with Gasteiger partial charge in [-0.05, 0) is 47.5 Å². The molecule has 0 radical (unpaired) electrons. The van der Waals surface area contributed by atoms with Crippen LogP contribution < -0.4 is 0 Å². The lowest BCUT2D eigenvalue weighted by Crippen LogP contribution is -2.00. The van der Waals surface area contributed by atoms with Gasteiger partial charge in [-0.1, -0.05) is 96.7 Å². The lowest BCUT2D eigenvalue weighted by Gasteiger charge is -2.10. The fourth-order valence-corrected chi connectivity index (χ4v) is 4.97. The smallest absolute Gasteiger partial charge is 0.167 e. The molecule has 0 aliphatic heterocycles. The number of aromatic nitrogens is 4. The van der Waals surface area contributed by atoms with Crippen LogP contribution in [0.15, 0.2) is 137 Å². The van der Waals surface area contributed by atoms with Crippen LogP contribution in [0.1, 0.15) is 0 Å². The molecule has 0 bridgehead atoms. The number of aromatic hydroxyl groups is 1. The third kappa shape index (κ3) is 5.16. The maximum absolute atomic E-state index is 10.5. The summed E-state index contributed by atoms with van der Waals surface area (Å²) in [6.07, 6.45) is 1.84. The molecule has 0 amide bonds. The number of phenolic OH excluding ortho intramolecular Hbond substituents is 1. The Morgan fingerprint density at radius 2 is 1.13 bits per heavy atom. The molecule has 5 nitrogen and oxygen atoms in total. The van der Waals surface area contributed by atoms with Crippen LogP contribution in [0, 0.1) is 0 Å². The van der Waals surface area contributed by atoms with Gasteiger partial charge in [0.05, 0.1) is 5.56 Å². The second kappa shape index (κ2) is 10.7. The second-order valence-electron chi connectivity index (χ2n) is 8.57. The average molecular weight is 511 g/mol. The van der Waals surface area contributed by atoms with Crippen molar-refractivity contribution in [3.63, 3.8) is 0 Å². The molecule has 4 aromatic carbocycles. The lowest BCUT2D eigenvalue weighted by atomic mass is 10.1. The SMILES string of the molecule is Oc1ccccc1-c1nc(-c2ccccc2)nc(-c2cccc(Sc3cc(-c4ccccc4)ccn3)c2)n1. The number of pyridine rings is 1. The van der Waals surface area contributed by atoms with E-state index in [1.165, 1.54) is 0 Å². The second-order valence-corrected chi connectivity index (χ2v) is 9.66. The van der Waals surface area contributed by atoms with Crippen molar-refractivity contribution < 1.29 is 5.11 Å². The molecule has 6 aromatic rings. The van der Waals surface area contributed by atoms with Crippen molar-refractivity contribution in [3.8, 4) is 51.0 Å². The summed E-state index contributed by atoms with van der Waals surface area (Å²) < 4.78 is 0. The highest BCUT2D eigenvalue weighted by atomic mass is 32.2. The van der Waals surface area contributed by atoms with Gasteiger partial charge in [0.1, 0.15) is 10.8 Å². The molecule has 2 aromatic heterocycles. The zero-order valence-corrected chi connectivity index (χ0v) is 21.1. The van der Waals surface area contributed by atoms with Crippen LogP contribution in [0.25, 0.3) is 45.3 Å². The van der Waals surface area contributed by atoms with Gasteiger partial charge in [0.2, 0.25) is 0 Å². The number of benzene rings is 4. The average Bonchev–Trinajstić information content (AvgIpc) is 2.98. The molecule has 0 unspecified atom stereocenters. The van der Waals surface area contributed by atoms with Crippen molar-refractivity contribution in [2.24, 2.45) is 0 Å². The van der Waals surface area contributed by atoms with Crippen LogP contribution in [0.3, 0.4) is 0 Å². The molecule has 0 aliphatic rings. The van der Waals surface area contributed by atoms with Gasteiger partial charge in [-0.3, -0.25) is 0 Å². The maximum atomic E-state index is 10.5. The molecule has 0 fully saturated rings. The Kier molecular flexibility index (Phi) is 6.62. The Hall–Kier alpha value is -4.81. The van der Waals surface area contributed by atoms with E-state index in [1.54, 1.807) is 30.0 Å². The highest BCUT2D eigenvalue weighted by molar-refractivity contribution is 7.99. The molecule has 0 saturated carbocycles. The Labute approximate surface area is 225 Å². The number of phenols is 1. The van der Waals surface area contributed by atoms with Crippen LogP contribution in [0.2, 0.25) is 0 Å². The molecule has 0 spiro atoms. The van der Waals surface area contributed by atoms with E-state index in [-0.39, 0.29) is 5.75 Å². The normalized spacial score (nSPS) is 10.8. The first-order valence-corrected chi connectivity index (χ1v) is 12.9. The quantitative estimate of drug-likeness (QED) is 0.247. The summed E-state index contributed by atoms with van der Waals surface area (Å²) >= 11 is 1.59. The first-order chi connectivity index (χ1) is 18.7. The third-order valence-corrected chi connectivity index (χ3v) is 6.89. The van der Waals surface area contributed by atoms with Crippen molar-refractivity contribution in [1.29, 1.82) is 0 Å². The molecule has 0 atom stereocenters. The van der Waals surface area contributed by atoms with Crippen molar-refractivity contribution in [2.45, 2.75) is 9.92 Å². The predicted octanol–water partition coefficient (Wildman–Crippen LogP) is 7.79. The number of rotatable bonds is 6. The molecular weight excluding hydrogens is 488 g/mol. The van der Waals surface area contributed by atoms with Crippen LogP contribution in [0.5, 0.6) is 5.75 Å². The lowest BCUT2D eigenvalue weighted by molar-refractivity contribution is 0.477. The maximum Gasteiger partial charge on any atom is 0.167 e. The molecule has 0 aliphatic carbocycles. The summed E-state index contributed by atoms with van der Waals surface area (Å²) in [4.78, 5) is 19.8. The van der Waals surface area contributed by atoms with Gasteiger partial charge in [-0.15, -0.1) is 0 Å². The predicted molar refractivity (Wildman–Crippen MR) is 152 cm³/mol. The molecule has 6 rings (SSSR count). The monoisotopic (exact) mass is 510 g/mol. The third-order valence-electron chi connectivity index (χ3n) is 5.97. The van der Waals surface area contributed by atoms with Crippen molar-refractivity contribution >= 4 is 11.8 Å². The first-order valence-electron chi connectivity index (χ1n) is 12.1. The number of hydrogen-bond donors (Lipinski definition) is 1. The summed E-state index contributed by atoms with van der Waals surface area (Å²) in [5.41, 5.74) is 4.56. The summed E-state index contributed by atoms with van der Waals surface area (Å²) in [6.45, 7) is 0. The van der Waals surface area contributed by atoms with Gasteiger partial charge in [-0.2, -0.15) is 0 Å². The van der Waals surface area contributed by atoms with Crippen molar-refractivity contribution in [1.82, 2.24) is 19.9 Å². The van der Waals surface area contributed by atoms with Gasteiger partial charge in [-0.25, -0.2) is 19.9 Å². The molecule has 1 N–H and O–H groups in total. The topological polar surface area (TPSA) is 71.8 Å². The van der Waals surface area contributed by atoms with Crippen molar-refractivity contribution in [3.05, 3.63) is 128 Å². The number of hydrogen-bond acceptors (Lipinski definition) is 6. The molecule has 2 heterocycles. The molecular formula is C32H22N4OS. The minimum atomic E-state index is 0.123. The fraction of sp³-hybridized carbons (Fsp3) is 0. The van der Waals surface area contributed by atoms with E-state index in [0.29, 0.717) is 23.0 Å². The van der Waals surface area contributed by atoms with E-state index in [4.69, 9.17) is 15.0 Å². The summed E-state index contributed by atoms with van der Waals surface area (Å²) in [6, 6.07) is 39.3. The van der Waals surface area contributed by atoms with E-state index in [9.17, 15) is 5.11 Å². The molecule has 182 valence electrons. The van der Waals surface area contributed by atoms with E-state index in [1.807, 2.05) is 85.1 Å².